The van der Waals surface area contributed by atoms with Gasteiger partial charge in [0.1, 0.15) is 5.76 Å². The fourth-order valence-corrected chi connectivity index (χ4v) is 1.58. The molecule has 0 aromatic carbocycles. The fraction of sp³-hybridized carbons (Fsp3) is 0.667. The first-order valence-corrected chi connectivity index (χ1v) is 5.61. The Bertz CT molecular complexity index is 218. The number of rotatable bonds is 7. The summed E-state index contributed by atoms with van der Waals surface area (Å²) < 4.78 is 5.25. The lowest BCUT2D eigenvalue weighted by molar-refractivity contribution is 0.468. The Balaban J connectivity index is 2.06. The molecule has 2 N–H and O–H groups in total. The molecule has 0 bridgehead atoms. The topological polar surface area (TPSA) is 39.2 Å². The Morgan fingerprint density at radius 1 is 1.36 bits per heavy atom. The van der Waals surface area contributed by atoms with Crippen LogP contribution in [0.3, 0.4) is 0 Å². The van der Waals surface area contributed by atoms with E-state index in [0.29, 0.717) is 6.04 Å². The van der Waals surface area contributed by atoms with Crippen LogP contribution in [0.1, 0.15) is 44.8 Å². The van der Waals surface area contributed by atoms with E-state index in [1.807, 2.05) is 12.1 Å². The molecular weight excluding hydrogens is 174 g/mol. The number of aryl methyl sites for hydroxylation is 1. The summed E-state index contributed by atoms with van der Waals surface area (Å²) in [4.78, 5) is 0. The molecule has 14 heavy (non-hydrogen) atoms. The molecule has 0 aliphatic rings. The van der Waals surface area contributed by atoms with Crippen LogP contribution < -0.4 is 5.73 Å². The van der Waals surface area contributed by atoms with Gasteiger partial charge in [-0.05, 0) is 25.0 Å². The molecule has 1 unspecified atom stereocenters. The number of nitrogens with two attached hydrogens (primary N) is 1. The third kappa shape index (κ3) is 4.47. The highest BCUT2D eigenvalue weighted by Crippen LogP contribution is 2.09. The van der Waals surface area contributed by atoms with Crippen molar-refractivity contribution in [3.05, 3.63) is 24.2 Å². The van der Waals surface area contributed by atoms with E-state index in [-0.39, 0.29) is 0 Å². The van der Waals surface area contributed by atoms with Gasteiger partial charge in [0.25, 0.3) is 0 Å². The van der Waals surface area contributed by atoms with Crippen LogP contribution in [0.25, 0.3) is 0 Å². The Labute approximate surface area is 86.5 Å². The summed E-state index contributed by atoms with van der Waals surface area (Å²) in [6.07, 6.45) is 8.71. The summed E-state index contributed by atoms with van der Waals surface area (Å²) in [5, 5.41) is 0. The van der Waals surface area contributed by atoms with E-state index < -0.39 is 0 Å². The van der Waals surface area contributed by atoms with Crippen molar-refractivity contribution < 1.29 is 4.42 Å². The van der Waals surface area contributed by atoms with Gasteiger partial charge in [-0.1, -0.05) is 26.2 Å². The Morgan fingerprint density at radius 2 is 2.21 bits per heavy atom. The normalized spacial score (nSPS) is 13.0. The van der Waals surface area contributed by atoms with E-state index in [1.165, 1.54) is 19.3 Å². The second-order valence-electron chi connectivity index (χ2n) is 3.87. The minimum Gasteiger partial charge on any atom is -0.469 e. The van der Waals surface area contributed by atoms with Gasteiger partial charge in [0.2, 0.25) is 0 Å². The van der Waals surface area contributed by atoms with Gasteiger partial charge in [0.15, 0.2) is 0 Å². The van der Waals surface area contributed by atoms with Gasteiger partial charge in [-0.3, -0.25) is 0 Å². The highest BCUT2D eigenvalue weighted by atomic mass is 16.3. The second kappa shape index (κ2) is 6.66. The molecule has 0 spiro atoms. The monoisotopic (exact) mass is 195 g/mol. The van der Waals surface area contributed by atoms with Gasteiger partial charge in [0, 0.05) is 12.5 Å². The van der Waals surface area contributed by atoms with E-state index in [4.69, 9.17) is 10.2 Å². The number of furan rings is 1. The summed E-state index contributed by atoms with van der Waals surface area (Å²) in [5.41, 5.74) is 5.99. The van der Waals surface area contributed by atoms with Gasteiger partial charge in [-0.15, -0.1) is 0 Å². The molecule has 1 aromatic heterocycles. The molecule has 0 fully saturated rings. The van der Waals surface area contributed by atoms with Crippen molar-refractivity contribution in [3.8, 4) is 0 Å². The molecule has 0 saturated heterocycles. The SMILES string of the molecule is CCCCCC(N)CCc1ccco1. The van der Waals surface area contributed by atoms with Crippen LogP contribution in [0.4, 0.5) is 0 Å². The molecule has 2 heteroatoms. The van der Waals surface area contributed by atoms with Gasteiger partial charge in [-0.2, -0.15) is 0 Å². The predicted molar refractivity (Wildman–Crippen MR) is 59.1 cm³/mol. The highest BCUT2D eigenvalue weighted by molar-refractivity contribution is 4.98. The van der Waals surface area contributed by atoms with Crippen LogP contribution in [-0.4, -0.2) is 6.04 Å². The van der Waals surface area contributed by atoms with Gasteiger partial charge in [-0.25, -0.2) is 0 Å². The summed E-state index contributed by atoms with van der Waals surface area (Å²) in [7, 11) is 0. The molecule has 0 aliphatic carbocycles. The maximum atomic E-state index is 5.99. The maximum absolute atomic E-state index is 5.99. The molecule has 0 aliphatic heterocycles. The van der Waals surface area contributed by atoms with Crippen molar-refractivity contribution in [1.29, 1.82) is 0 Å². The van der Waals surface area contributed by atoms with Gasteiger partial charge in [0.05, 0.1) is 6.26 Å². The summed E-state index contributed by atoms with van der Waals surface area (Å²) in [6.45, 7) is 2.22. The average Bonchev–Trinajstić information content (AvgIpc) is 2.68. The van der Waals surface area contributed by atoms with Crippen LogP contribution in [-0.2, 0) is 6.42 Å². The van der Waals surface area contributed by atoms with Crippen LogP contribution in [0, 0.1) is 0 Å². The quantitative estimate of drug-likeness (QED) is 0.679. The Morgan fingerprint density at radius 3 is 2.86 bits per heavy atom. The minimum atomic E-state index is 0.339. The summed E-state index contributed by atoms with van der Waals surface area (Å²) >= 11 is 0. The zero-order valence-electron chi connectivity index (χ0n) is 9.04. The van der Waals surface area contributed by atoms with Crippen molar-refractivity contribution in [3.63, 3.8) is 0 Å². The van der Waals surface area contributed by atoms with Crippen LogP contribution >= 0.6 is 0 Å². The van der Waals surface area contributed by atoms with Crippen molar-refractivity contribution in [2.24, 2.45) is 5.73 Å². The molecule has 1 atom stereocenters. The Hall–Kier alpha value is -0.760. The molecule has 80 valence electrons. The summed E-state index contributed by atoms with van der Waals surface area (Å²) in [5.74, 6) is 1.05. The van der Waals surface area contributed by atoms with Crippen LogP contribution in [0.2, 0.25) is 0 Å². The summed E-state index contributed by atoms with van der Waals surface area (Å²) in [6, 6.07) is 4.28. The predicted octanol–water partition coefficient (Wildman–Crippen LogP) is 3.12. The Kier molecular flexibility index (Phi) is 5.38. The zero-order valence-corrected chi connectivity index (χ0v) is 9.04. The standard InChI is InChI=1S/C12H21NO/c1-2-3-4-6-11(13)8-9-12-7-5-10-14-12/h5,7,10-11H,2-4,6,8-9,13H2,1H3. The number of hydrogen-bond donors (Lipinski definition) is 1. The van der Waals surface area contributed by atoms with Crippen LogP contribution in [0.5, 0.6) is 0 Å². The van der Waals surface area contributed by atoms with Crippen molar-refractivity contribution in [1.82, 2.24) is 0 Å². The van der Waals surface area contributed by atoms with E-state index in [2.05, 4.69) is 6.92 Å². The second-order valence-corrected chi connectivity index (χ2v) is 3.87. The molecule has 0 saturated carbocycles. The van der Waals surface area contributed by atoms with Gasteiger partial charge >= 0.3 is 0 Å². The lowest BCUT2D eigenvalue weighted by Crippen LogP contribution is -2.20. The molecule has 0 amide bonds. The van der Waals surface area contributed by atoms with Crippen molar-refractivity contribution in [2.45, 2.75) is 51.5 Å². The number of unbranched alkanes of at least 4 members (excludes halogenated alkanes) is 2. The van der Waals surface area contributed by atoms with E-state index in [0.717, 1.165) is 25.0 Å². The van der Waals surface area contributed by atoms with E-state index in [9.17, 15) is 0 Å². The minimum absolute atomic E-state index is 0.339. The third-order valence-corrected chi connectivity index (χ3v) is 2.52. The third-order valence-electron chi connectivity index (χ3n) is 2.52. The molecule has 1 heterocycles. The van der Waals surface area contributed by atoms with Crippen molar-refractivity contribution >= 4 is 0 Å². The first-order chi connectivity index (χ1) is 6.83. The lowest BCUT2D eigenvalue weighted by Gasteiger charge is -2.09. The molecule has 1 aromatic rings. The number of hydrogen-bond acceptors (Lipinski definition) is 2. The fourth-order valence-electron chi connectivity index (χ4n) is 1.58. The van der Waals surface area contributed by atoms with Gasteiger partial charge < -0.3 is 10.2 Å². The molecular formula is C12H21NO. The van der Waals surface area contributed by atoms with E-state index >= 15 is 0 Å². The molecule has 0 radical (unpaired) electrons. The molecule has 2 nitrogen and oxygen atoms in total. The first kappa shape index (κ1) is 11.3. The first-order valence-electron chi connectivity index (χ1n) is 5.61. The highest BCUT2D eigenvalue weighted by Gasteiger charge is 2.03. The lowest BCUT2D eigenvalue weighted by atomic mass is 10.0. The average molecular weight is 195 g/mol. The zero-order chi connectivity index (χ0) is 10.2. The largest absolute Gasteiger partial charge is 0.469 e. The maximum Gasteiger partial charge on any atom is 0.103 e. The smallest absolute Gasteiger partial charge is 0.103 e. The van der Waals surface area contributed by atoms with Crippen molar-refractivity contribution in [2.75, 3.05) is 0 Å². The molecule has 1 rings (SSSR count). The van der Waals surface area contributed by atoms with E-state index in [1.54, 1.807) is 6.26 Å². The van der Waals surface area contributed by atoms with Crippen LogP contribution in [0.15, 0.2) is 22.8 Å².